The summed E-state index contributed by atoms with van der Waals surface area (Å²) in [6.45, 7) is 4.97. The molecular weight excluding hydrogens is 294 g/mol. The van der Waals surface area contributed by atoms with E-state index < -0.39 is 23.1 Å². The fourth-order valence-corrected chi connectivity index (χ4v) is 1.91. The van der Waals surface area contributed by atoms with Crippen LogP contribution in [0.15, 0.2) is 24.3 Å². The van der Waals surface area contributed by atoms with Crippen molar-refractivity contribution in [2.45, 2.75) is 44.8 Å². The van der Waals surface area contributed by atoms with E-state index in [2.05, 4.69) is 0 Å². The van der Waals surface area contributed by atoms with Gasteiger partial charge in [0.1, 0.15) is 5.60 Å². The largest absolute Gasteiger partial charge is 0.479 e. The first kappa shape index (κ1) is 17.5. The number of ether oxygens (including phenoxy) is 1. The van der Waals surface area contributed by atoms with Crippen molar-refractivity contribution < 1.29 is 19.4 Å². The topological polar surface area (TPSA) is 89.6 Å². The maximum atomic E-state index is 12.1. The maximum Gasteiger partial charge on any atom is 0.338 e. The van der Waals surface area contributed by atoms with Crippen molar-refractivity contribution >= 4 is 23.5 Å². The zero-order valence-corrected chi connectivity index (χ0v) is 13.1. The Morgan fingerprint density at radius 2 is 1.95 bits per heavy atom. The number of rotatable bonds is 5. The summed E-state index contributed by atoms with van der Waals surface area (Å²) < 4.78 is 5.11. The minimum absolute atomic E-state index is 0.0718. The standard InChI is InChI=1S/C15H20ClNO4/c1-14(2,3)21-13(20)15(17,12(18)19)8-7-10-5-4-6-11(16)9-10/h4-6,9H,7-8,17H2,1-3H3,(H,18,19). The third-order valence-corrected chi connectivity index (χ3v) is 3.08. The first-order valence-electron chi connectivity index (χ1n) is 6.55. The normalized spacial score (nSPS) is 14.3. The number of carbonyl (C=O) groups excluding carboxylic acids is 1. The van der Waals surface area contributed by atoms with E-state index in [0.717, 1.165) is 5.56 Å². The Bertz CT molecular complexity index is 539. The molecule has 0 heterocycles. The molecule has 0 amide bonds. The van der Waals surface area contributed by atoms with Crippen LogP contribution in [0.1, 0.15) is 32.8 Å². The number of esters is 1. The number of nitrogens with two attached hydrogens (primary N) is 1. The Balaban J connectivity index is 2.86. The molecule has 5 nitrogen and oxygen atoms in total. The number of carboxylic acid groups (broad SMARTS) is 1. The molecule has 1 aromatic carbocycles. The van der Waals surface area contributed by atoms with Gasteiger partial charge in [-0.1, -0.05) is 23.7 Å². The van der Waals surface area contributed by atoms with Gasteiger partial charge in [0.25, 0.3) is 0 Å². The highest BCUT2D eigenvalue weighted by atomic mass is 35.5. The quantitative estimate of drug-likeness (QED) is 0.643. The van der Waals surface area contributed by atoms with E-state index in [9.17, 15) is 14.7 Å². The van der Waals surface area contributed by atoms with Crippen molar-refractivity contribution in [2.24, 2.45) is 5.73 Å². The predicted octanol–water partition coefficient (Wildman–Crippen LogP) is 2.40. The molecule has 0 spiro atoms. The van der Waals surface area contributed by atoms with Gasteiger partial charge in [-0.15, -0.1) is 0 Å². The maximum absolute atomic E-state index is 12.1. The zero-order valence-electron chi connectivity index (χ0n) is 12.4. The molecule has 1 aromatic rings. The molecular formula is C15H20ClNO4. The van der Waals surface area contributed by atoms with Gasteiger partial charge >= 0.3 is 11.9 Å². The fraction of sp³-hybridized carbons (Fsp3) is 0.467. The summed E-state index contributed by atoms with van der Waals surface area (Å²) in [5.41, 5.74) is 3.71. The number of hydrogen-bond donors (Lipinski definition) is 2. The Morgan fingerprint density at radius 3 is 2.43 bits per heavy atom. The molecule has 0 radical (unpaired) electrons. The third kappa shape index (κ3) is 5.02. The number of halogens is 1. The monoisotopic (exact) mass is 313 g/mol. The molecule has 0 aromatic heterocycles. The summed E-state index contributed by atoms with van der Waals surface area (Å²) in [6.07, 6.45) is 0.236. The summed E-state index contributed by atoms with van der Waals surface area (Å²) in [4.78, 5) is 23.4. The highest BCUT2D eigenvalue weighted by molar-refractivity contribution is 6.30. The highest BCUT2D eigenvalue weighted by Crippen LogP contribution is 2.20. The first-order chi connectivity index (χ1) is 9.54. The lowest BCUT2D eigenvalue weighted by molar-refractivity contribution is -0.169. The number of carbonyl (C=O) groups is 2. The van der Waals surface area contributed by atoms with E-state index >= 15 is 0 Å². The van der Waals surface area contributed by atoms with Crippen LogP contribution in [0.3, 0.4) is 0 Å². The fourth-order valence-electron chi connectivity index (χ4n) is 1.70. The molecule has 0 aliphatic heterocycles. The van der Waals surface area contributed by atoms with Crippen molar-refractivity contribution in [1.82, 2.24) is 0 Å². The van der Waals surface area contributed by atoms with Crippen molar-refractivity contribution in [3.63, 3.8) is 0 Å². The van der Waals surface area contributed by atoms with Gasteiger partial charge in [-0.3, -0.25) is 0 Å². The molecule has 0 bridgehead atoms. The average Bonchev–Trinajstić information content (AvgIpc) is 2.33. The number of carboxylic acids is 1. The lowest BCUT2D eigenvalue weighted by Gasteiger charge is -2.28. The Kier molecular flexibility index (Phi) is 5.36. The Hall–Kier alpha value is -1.59. The smallest absolute Gasteiger partial charge is 0.338 e. The van der Waals surface area contributed by atoms with Crippen LogP contribution in [0, 0.1) is 0 Å². The lowest BCUT2D eigenvalue weighted by atomic mass is 9.92. The summed E-state index contributed by atoms with van der Waals surface area (Å²) in [5, 5.41) is 9.82. The average molecular weight is 314 g/mol. The van der Waals surface area contributed by atoms with Crippen molar-refractivity contribution in [2.75, 3.05) is 0 Å². The molecule has 6 heteroatoms. The van der Waals surface area contributed by atoms with Gasteiger partial charge in [-0.05, 0) is 51.3 Å². The van der Waals surface area contributed by atoms with Crippen molar-refractivity contribution in [3.8, 4) is 0 Å². The molecule has 0 aliphatic rings. The molecule has 3 N–H and O–H groups in total. The molecule has 1 rings (SSSR count). The van der Waals surface area contributed by atoms with Gasteiger partial charge in [0, 0.05) is 5.02 Å². The second kappa shape index (κ2) is 6.45. The first-order valence-corrected chi connectivity index (χ1v) is 6.92. The second-order valence-electron chi connectivity index (χ2n) is 5.91. The van der Waals surface area contributed by atoms with E-state index in [1.54, 1.807) is 45.0 Å². The molecule has 0 fully saturated rings. The summed E-state index contributed by atoms with van der Waals surface area (Å²) in [6, 6.07) is 6.97. The molecule has 0 saturated carbocycles. The molecule has 116 valence electrons. The molecule has 0 aliphatic carbocycles. The van der Waals surface area contributed by atoms with Gasteiger partial charge in [-0.25, -0.2) is 9.59 Å². The molecule has 0 saturated heterocycles. The van der Waals surface area contributed by atoms with Crippen molar-refractivity contribution in [1.29, 1.82) is 0 Å². The Morgan fingerprint density at radius 1 is 1.33 bits per heavy atom. The van der Waals surface area contributed by atoms with Crippen LogP contribution >= 0.6 is 11.6 Å². The van der Waals surface area contributed by atoms with Gasteiger partial charge in [0.05, 0.1) is 0 Å². The van der Waals surface area contributed by atoms with Crippen LogP contribution in [0.4, 0.5) is 0 Å². The lowest BCUT2D eigenvalue weighted by Crippen LogP contribution is -2.57. The van der Waals surface area contributed by atoms with Crippen LogP contribution in [0.2, 0.25) is 5.02 Å². The van der Waals surface area contributed by atoms with Crippen LogP contribution in [0.25, 0.3) is 0 Å². The number of benzene rings is 1. The van der Waals surface area contributed by atoms with Crippen LogP contribution in [0.5, 0.6) is 0 Å². The third-order valence-electron chi connectivity index (χ3n) is 2.84. The van der Waals surface area contributed by atoms with Crippen molar-refractivity contribution in [3.05, 3.63) is 34.9 Å². The zero-order chi connectivity index (χ0) is 16.3. The van der Waals surface area contributed by atoms with Gasteiger partial charge in [-0.2, -0.15) is 0 Å². The van der Waals surface area contributed by atoms with E-state index in [-0.39, 0.29) is 6.42 Å². The van der Waals surface area contributed by atoms with Gasteiger partial charge in [0.15, 0.2) is 0 Å². The SMILES string of the molecule is CC(C)(C)OC(=O)C(N)(CCc1cccc(Cl)c1)C(=O)O. The van der Waals surface area contributed by atoms with Gasteiger partial charge in [0.2, 0.25) is 5.54 Å². The van der Waals surface area contributed by atoms with Crippen LogP contribution in [-0.2, 0) is 20.7 Å². The van der Waals surface area contributed by atoms with E-state index in [1.165, 1.54) is 0 Å². The molecule has 1 atom stereocenters. The Labute approximate surface area is 129 Å². The summed E-state index contributed by atoms with van der Waals surface area (Å²) in [7, 11) is 0. The summed E-state index contributed by atoms with van der Waals surface area (Å²) in [5.74, 6) is -2.34. The molecule has 21 heavy (non-hydrogen) atoms. The number of aryl methyl sites for hydroxylation is 1. The van der Waals surface area contributed by atoms with E-state index in [4.69, 9.17) is 22.1 Å². The predicted molar refractivity (Wildman–Crippen MR) is 80.2 cm³/mol. The van der Waals surface area contributed by atoms with Gasteiger partial charge < -0.3 is 15.6 Å². The van der Waals surface area contributed by atoms with Crippen LogP contribution in [-0.4, -0.2) is 28.2 Å². The number of hydrogen-bond acceptors (Lipinski definition) is 4. The summed E-state index contributed by atoms with van der Waals surface area (Å²) >= 11 is 5.87. The second-order valence-corrected chi connectivity index (χ2v) is 6.34. The highest BCUT2D eigenvalue weighted by Gasteiger charge is 2.45. The van der Waals surface area contributed by atoms with Crippen LogP contribution < -0.4 is 5.73 Å². The van der Waals surface area contributed by atoms with E-state index in [0.29, 0.717) is 11.4 Å². The minimum atomic E-state index is -2.07. The molecule has 1 unspecified atom stereocenters. The van der Waals surface area contributed by atoms with E-state index in [1.807, 2.05) is 0 Å². The number of aliphatic carboxylic acids is 1. The minimum Gasteiger partial charge on any atom is -0.479 e.